The highest BCUT2D eigenvalue weighted by molar-refractivity contribution is 5.70. The average molecular weight is 197 g/mol. The van der Waals surface area contributed by atoms with Crippen LogP contribution in [0.15, 0.2) is 0 Å². The predicted molar refractivity (Wildman–Crippen MR) is 54.0 cm³/mol. The Morgan fingerprint density at radius 1 is 1.50 bits per heavy atom. The van der Waals surface area contributed by atoms with Crippen molar-refractivity contribution in [2.75, 3.05) is 6.61 Å². The molecule has 80 valence electrons. The molecule has 2 fully saturated rings. The lowest BCUT2D eigenvalue weighted by molar-refractivity contribution is 0.101. The van der Waals surface area contributed by atoms with Gasteiger partial charge in [-0.05, 0) is 24.7 Å². The van der Waals surface area contributed by atoms with Gasteiger partial charge in [0.2, 0.25) is 0 Å². The van der Waals surface area contributed by atoms with Crippen LogP contribution in [0.3, 0.4) is 0 Å². The van der Waals surface area contributed by atoms with Crippen molar-refractivity contribution in [1.29, 1.82) is 0 Å². The molecule has 0 aromatic rings. The molecule has 0 aromatic heterocycles. The van der Waals surface area contributed by atoms with Crippen LogP contribution in [0.4, 0.5) is 4.79 Å². The van der Waals surface area contributed by atoms with Gasteiger partial charge in [0.15, 0.2) is 0 Å². The lowest BCUT2D eigenvalue weighted by Crippen LogP contribution is -2.53. The summed E-state index contributed by atoms with van der Waals surface area (Å²) in [6.07, 6.45) is 4.59. The quantitative estimate of drug-likeness (QED) is 0.700. The molecule has 0 radical (unpaired) electrons. The van der Waals surface area contributed by atoms with Crippen LogP contribution in [0.2, 0.25) is 0 Å². The van der Waals surface area contributed by atoms with Crippen molar-refractivity contribution in [2.45, 2.75) is 45.1 Å². The molecule has 0 bridgehead atoms. The molecule has 2 atom stereocenters. The first-order valence-corrected chi connectivity index (χ1v) is 5.59. The summed E-state index contributed by atoms with van der Waals surface area (Å²) in [5.74, 6) is 1.21. The Hall–Kier alpha value is -0.730. The van der Waals surface area contributed by atoms with E-state index in [1.807, 2.05) is 0 Å². The van der Waals surface area contributed by atoms with Crippen molar-refractivity contribution < 1.29 is 9.53 Å². The van der Waals surface area contributed by atoms with Gasteiger partial charge >= 0.3 is 6.09 Å². The number of rotatable bonds is 1. The molecule has 2 unspecified atom stereocenters. The SMILES string of the molecule is CC(C)C1CCCCC12COC(=O)N2. The van der Waals surface area contributed by atoms with E-state index in [9.17, 15) is 4.79 Å². The van der Waals surface area contributed by atoms with Crippen molar-refractivity contribution in [2.24, 2.45) is 11.8 Å². The Morgan fingerprint density at radius 3 is 2.86 bits per heavy atom. The minimum Gasteiger partial charge on any atom is -0.447 e. The van der Waals surface area contributed by atoms with Crippen LogP contribution >= 0.6 is 0 Å². The Bertz CT molecular complexity index is 239. The van der Waals surface area contributed by atoms with Crippen LogP contribution in [0.5, 0.6) is 0 Å². The molecule has 1 aliphatic carbocycles. The van der Waals surface area contributed by atoms with Gasteiger partial charge in [-0.2, -0.15) is 0 Å². The predicted octanol–water partition coefficient (Wildman–Crippen LogP) is 2.31. The molecule has 3 heteroatoms. The van der Waals surface area contributed by atoms with E-state index in [0.29, 0.717) is 18.4 Å². The van der Waals surface area contributed by atoms with Gasteiger partial charge in [0, 0.05) is 0 Å². The number of ether oxygens (including phenoxy) is 1. The molecule has 2 rings (SSSR count). The lowest BCUT2D eigenvalue weighted by atomic mass is 9.68. The molecule has 1 aliphatic heterocycles. The molecule has 1 amide bonds. The molecule has 3 nitrogen and oxygen atoms in total. The molecular formula is C11H19NO2. The summed E-state index contributed by atoms with van der Waals surface area (Å²) in [6.45, 7) is 5.05. The summed E-state index contributed by atoms with van der Waals surface area (Å²) in [7, 11) is 0. The van der Waals surface area contributed by atoms with Crippen molar-refractivity contribution in [3.63, 3.8) is 0 Å². The highest BCUT2D eigenvalue weighted by Crippen LogP contribution is 2.40. The fourth-order valence-electron chi connectivity index (χ4n) is 3.04. The van der Waals surface area contributed by atoms with E-state index in [1.54, 1.807) is 0 Å². The third-order valence-electron chi connectivity index (χ3n) is 3.71. The summed E-state index contributed by atoms with van der Waals surface area (Å²) < 4.78 is 5.08. The molecule has 2 aliphatic rings. The third kappa shape index (κ3) is 1.49. The fourth-order valence-corrected chi connectivity index (χ4v) is 3.04. The first kappa shape index (κ1) is 9.81. The third-order valence-corrected chi connectivity index (χ3v) is 3.71. The van der Waals surface area contributed by atoms with Crippen LogP contribution in [0.1, 0.15) is 39.5 Å². The smallest absolute Gasteiger partial charge is 0.407 e. The van der Waals surface area contributed by atoms with Crippen LogP contribution in [-0.4, -0.2) is 18.2 Å². The maximum atomic E-state index is 11.2. The number of amides is 1. The number of hydrogen-bond donors (Lipinski definition) is 1. The standard InChI is InChI=1S/C11H19NO2/c1-8(2)9-5-3-4-6-11(9)7-14-10(13)12-11/h8-9H,3-7H2,1-2H3,(H,12,13). The van der Waals surface area contributed by atoms with Crippen LogP contribution in [0.25, 0.3) is 0 Å². The summed E-state index contributed by atoms with van der Waals surface area (Å²) in [5.41, 5.74) is -0.0382. The van der Waals surface area contributed by atoms with Crippen molar-refractivity contribution in [3.8, 4) is 0 Å². The van der Waals surface area contributed by atoms with Crippen molar-refractivity contribution in [3.05, 3.63) is 0 Å². The van der Waals surface area contributed by atoms with E-state index in [-0.39, 0.29) is 11.6 Å². The Labute approximate surface area is 85.2 Å². The maximum Gasteiger partial charge on any atom is 0.407 e. The molecule has 1 heterocycles. The highest BCUT2D eigenvalue weighted by Gasteiger charge is 2.48. The van der Waals surface area contributed by atoms with E-state index >= 15 is 0 Å². The average Bonchev–Trinajstić information content (AvgIpc) is 2.48. The zero-order valence-corrected chi connectivity index (χ0v) is 9.01. The zero-order valence-electron chi connectivity index (χ0n) is 9.01. The molecule has 1 N–H and O–H groups in total. The van der Waals surface area contributed by atoms with E-state index in [0.717, 1.165) is 6.42 Å². The summed E-state index contributed by atoms with van der Waals surface area (Å²) >= 11 is 0. The van der Waals surface area contributed by atoms with E-state index < -0.39 is 0 Å². The second kappa shape index (κ2) is 3.44. The number of cyclic esters (lactones) is 1. The number of hydrogen-bond acceptors (Lipinski definition) is 2. The Kier molecular flexibility index (Phi) is 2.41. The monoisotopic (exact) mass is 197 g/mol. The molecule has 1 saturated carbocycles. The Balaban J connectivity index is 2.17. The van der Waals surface area contributed by atoms with Gasteiger partial charge in [0.05, 0.1) is 5.54 Å². The molecule has 14 heavy (non-hydrogen) atoms. The number of carbonyl (C=O) groups is 1. The first-order chi connectivity index (χ1) is 6.64. The van der Waals surface area contributed by atoms with E-state index in [1.165, 1.54) is 19.3 Å². The summed E-state index contributed by atoms with van der Waals surface area (Å²) in [6, 6.07) is 0. The van der Waals surface area contributed by atoms with Crippen LogP contribution in [-0.2, 0) is 4.74 Å². The summed E-state index contributed by atoms with van der Waals surface area (Å²) in [4.78, 5) is 11.2. The Morgan fingerprint density at radius 2 is 2.29 bits per heavy atom. The van der Waals surface area contributed by atoms with Gasteiger partial charge in [0.1, 0.15) is 6.61 Å². The van der Waals surface area contributed by atoms with Gasteiger partial charge in [-0.1, -0.05) is 26.7 Å². The molecule has 1 saturated heterocycles. The van der Waals surface area contributed by atoms with Gasteiger partial charge in [-0.3, -0.25) is 0 Å². The van der Waals surface area contributed by atoms with Gasteiger partial charge in [-0.25, -0.2) is 4.79 Å². The zero-order chi connectivity index (χ0) is 10.2. The topological polar surface area (TPSA) is 38.3 Å². The number of alkyl carbamates (subject to hydrolysis) is 1. The minimum atomic E-state index is -0.224. The van der Waals surface area contributed by atoms with Gasteiger partial charge in [0.25, 0.3) is 0 Å². The van der Waals surface area contributed by atoms with Gasteiger partial charge < -0.3 is 10.1 Å². The summed E-state index contributed by atoms with van der Waals surface area (Å²) in [5, 5.41) is 3.04. The molecular weight excluding hydrogens is 178 g/mol. The van der Waals surface area contributed by atoms with Crippen molar-refractivity contribution >= 4 is 6.09 Å². The van der Waals surface area contributed by atoms with Gasteiger partial charge in [-0.15, -0.1) is 0 Å². The fraction of sp³-hybridized carbons (Fsp3) is 0.909. The lowest BCUT2D eigenvalue weighted by Gasteiger charge is -2.41. The number of nitrogens with one attached hydrogen (secondary N) is 1. The maximum absolute atomic E-state index is 11.2. The second-order valence-electron chi connectivity index (χ2n) is 4.95. The minimum absolute atomic E-state index is 0.0382. The highest BCUT2D eigenvalue weighted by atomic mass is 16.6. The second-order valence-corrected chi connectivity index (χ2v) is 4.95. The molecule has 1 spiro atoms. The van der Waals surface area contributed by atoms with Crippen LogP contribution < -0.4 is 5.32 Å². The normalized spacial score (nSPS) is 37.4. The first-order valence-electron chi connectivity index (χ1n) is 5.59. The van der Waals surface area contributed by atoms with E-state index in [4.69, 9.17) is 4.74 Å². The molecule has 0 aromatic carbocycles. The largest absolute Gasteiger partial charge is 0.447 e. The van der Waals surface area contributed by atoms with Crippen molar-refractivity contribution in [1.82, 2.24) is 5.32 Å². The van der Waals surface area contributed by atoms with E-state index in [2.05, 4.69) is 19.2 Å². The number of carbonyl (C=O) groups excluding carboxylic acids is 1. The van der Waals surface area contributed by atoms with Crippen LogP contribution in [0, 0.1) is 11.8 Å².